The van der Waals surface area contributed by atoms with Crippen LogP contribution in [-0.4, -0.2) is 12.3 Å². The van der Waals surface area contributed by atoms with Gasteiger partial charge in [0.1, 0.15) is 0 Å². The summed E-state index contributed by atoms with van der Waals surface area (Å²) in [6.07, 6.45) is 0. The van der Waals surface area contributed by atoms with E-state index in [9.17, 15) is 0 Å². The fourth-order valence-electron chi connectivity index (χ4n) is 1.43. The van der Waals surface area contributed by atoms with Gasteiger partial charge < -0.3 is 5.32 Å². The zero-order chi connectivity index (χ0) is 12.7. The quantitative estimate of drug-likeness (QED) is 0.783. The second-order valence-electron chi connectivity index (χ2n) is 4.68. The molecule has 0 radical (unpaired) electrons. The van der Waals surface area contributed by atoms with Crippen LogP contribution in [0.15, 0.2) is 29.2 Å². The van der Waals surface area contributed by atoms with Crippen LogP contribution < -0.4 is 5.32 Å². The summed E-state index contributed by atoms with van der Waals surface area (Å²) in [6.45, 7) is 7.59. The normalized spacial score (nSPS) is 11.2. The molecule has 17 heavy (non-hydrogen) atoms. The van der Waals surface area contributed by atoms with Crippen molar-refractivity contribution in [3.63, 3.8) is 0 Å². The Morgan fingerprint density at radius 1 is 1.29 bits per heavy atom. The number of hydrogen-bond donors (Lipinski definition) is 1. The molecule has 0 atom stereocenters. The molecule has 0 aliphatic rings. The Morgan fingerprint density at radius 3 is 2.47 bits per heavy atom. The van der Waals surface area contributed by atoms with E-state index in [2.05, 4.69) is 42.6 Å². The lowest BCUT2D eigenvalue weighted by Gasteiger charge is -2.15. The Hall–Kier alpha value is -0.980. The third kappa shape index (κ3) is 5.25. The summed E-state index contributed by atoms with van der Waals surface area (Å²) in [6, 6.07) is 10.9. The van der Waals surface area contributed by atoms with Gasteiger partial charge in [0.15, 0.2) is 0 Å². The molecular formula is C14H20N2S. The van der Waals surface area contributed by atoms with Gasteiger partial charge in [0.2, 0.25) is 0 Å². The van der Waals surface area contributed by atoms with Crippen molar-refractivity contribution in [2.24, 2.45) is 5.41 Å². The van der Waals surface area contributed by atoms with E-state index < -0.39 is 0 Å². The van der Waals surface area contributed by atoms with E-state index in [-0.39, 0.29) is 5.41 Å². The first kappa shape index (κ1) is 14.1. The van der Waals surface area contributed by atoms with Gasteiger partial charge in [-0.3, -0.25) is 0 Å². The van der Waals surface area contributed by atoms with Crippen LogP contribution in [0.2, 0.25) is 0 Å². The third-order valence-electron chi connectivity index (χ3n) is 2.43. The van der Waals surface area contributed by atoms with Gasteiger partial charge in [0.25, 0.3) is 0 Å². The Bertz CT molecular complexity index is 376. The summed E-state index contributed by atoms with van der Waals surface area (Å²) in [7, 11) is 0. The summed E-state index contributed by atoms with van der Waals surface area (Å²) in [5.41, 5.74) is 0.969. The molecule has 2 nitrogen and oxygen atoms in total. The smallest absolute Gasteiger partial charge is 0.0697 e. The van der Waals surface area contributed by atoms with Crippen molar-refractivity contribution < 1.29 is 0 Å². The van der Waals surface area contributed by atoms with Gasteiger partial charge in [-0.05, 0) is 37.3 Å². The number of rotatable bonds is 6. The predicted octanol–water partition coefficient (Wildman–Crippen LogP) is 3.44. The SMILES string of the molecule is CCSc1ccc(CNCC(C)(C)C#N)cc1. The van der Waals surface area contributed by atoms with E-state index in [1.165, 1.54) is 10.5 Å². The standard InChI is InChI=1S/C14H20N2S/c1-4-17-13-7-5-12(6-8-13)9-16-11-14(2,3)10-15/h5-8,16H,4,9,11H2,1-3H3. The number of nitrogens with zero attached hydrogens (tertiary/aromatic N) is 1. The number of thioether (sulfide) groups is 1. The highest BCUT2D eigenvalue weighted by atomic mass is 32.2. The lowest BCUT2D eigenvalue weighted by molar-refractivity contribution is 0.445. The Labute approximate surface area is 108 Å². The van der Waals surface area contributed by atoms with E-state index in [1.807, 2.05) is 25.6 Å². The summed E-state index contributed by atoms with van der Waals surface area (Å²) in [5, 5.41) is 12.2. The average Bonchev–Trinajstić information content (AvgIpc) is 2.32. The van der Waals surface area contributed by atoms with Crippen LogP contribution in [0.25, 0.3) is 0 Å². The first-order valence-electron chi connectivity index (χ1n) is 5.91. The molecule has 0 aliphatic heterocycles. The Balaban J connectivity index is 2.40. The molecule has 1 aromatic rings. The molecule has 92 valence electrons. The van der Waals surface area contributed by atoms with Gasteiger partial charge in [-0.15, -0.1) is 11.8 Å². The molecule has 0 unspecified atom stereocenters. The van der Waals surface area contributed by atoms with Crippen LogP contribution in [-0.2, 0) is 6.54 Å². The molecule has 0 fully saturated rings. The van der Waals surface area contributed by atoms with Crippen molar-refractivity contribution in [2.75, 3.05) is 12.3 Å². The third-order valence-corrected chi connectivity index (χ3v) is 3.33. The maximum atomic E-state index is 8.89. The minimum absolute atomic E-state index is 0.294. The van der Waals surface area contributed by atoms with Crippen LogP contribution >= 0.6 is 11.8 Å². The van der Waals surface area contributed by atoms with E-state index in [0.717, 1.165) is 18.8 Å². The molecule has 0 bridgehead atoms. The van der Waals surface area contributed by atoms with Crippen LogP contribution in [0.5, 0.6) is 0 Å². The maximum absolute atomic E-state index is 8.89. The fraction of sp³-hybridized carbons (Fsp3) is 0.500. The van der Waals surface area contributed by atoms with Crippen molar-refractivity contribution in [3.05, 3.63) is 29.8 Å². The minimum atomic E-state index is -0.294. The molecular weight excluding hydrogens is 228 g/mol. The van der Waals surface area contributed by atoms with Crippen LogP contribution in [0.3, 0.4) is 0 Å². The predicted molar refractivity (Wildman–Crippen MR) is 73.9 cm³/mol. The summed E-state index contributed by atoms with van der Waals surface area (Å²) < 4.78 is 0. The zero-order valence-electron chi connectivity index (χ0n) is 10.8. The lowest BCUT2D eigenvalue weighted by Crippen LogP contribution is -2.27. The topological polar surface area (TPSA) is 35.8 Å². The van der Waals surface area contributed by atoms with Crippen LogP contribution in [0.1, 0.15) is 26.3 Å². The van der Waals surface area contributed by atoms with Crippen molar-refractivity contribution >= 4 is 11.8 Å². The van der Waals surface area contributed by atoms with E-state index in [0.29, 0.717) is 0 Å². The van der Waals surface area contributed by atoms with E-state index in [1.54, 1.807) is 0 Å². The monoisotopic (exact) mass is 248 g/mol. The van der Waals surface area contributed by atoms with E-state index >= 15 is 0 Å². The first-order chi connectivity index (χ1) is 8.07. The van der Waals surface area contributed by atoms with Gasteiger partial charge in [-0.25, -0.2) is 0 Å². The van der Waals surface area contributed by atoms with Gasteiger partial charge in [-0.2, -0.15) is 5.26 Å². The zero-order valence-corrected chi connectivity index (χ0v) is 11.6. The highest BCUT2D eigenvalue weighted by Gasteiger charge is 2.15. The van der Waals surface area contributed by atoms with Crippen molar-refractivity contribution in [3.8, 4) is 6.07 Å². The molecule has 0 saturated heterocycles. The average molecular weight is 248 g/mol. The van der Waals surface area contributed by atoms with Crippen molar-refractivity contribution in [1.82, 2.24) is 5.32 Å². The van der Waals surface area contributed by atoms with Gasteiger partial charge in [0, 0.05) is 18.0 Å². The van der Waals surface area contributed by atoms with E-state index in [4.69, 9.17) is 5.26 Å². The molecule has 3 heteroatoms. The molecule has 1 rings (SSSR count). The van der Waals surface area contributed by atoms with Crippen molar-refractivity contribution in [1.29, 1.82) is 5.26 Å². The van der Waals surface area contributed by atoms with Crippen LogP contribution in [0.4, 0.5) is 0 Å². The van der Waals surface area contributed by atoms with Crippen LogP contribution in [0, 0.1) is 16.7 Å². The molecule has 0 saturated carbocycles. The molecule has 0 aromatic heterocycles. The van der Waals surface area contributed by atoms with Crippen molar-refractivity contribution in [2.45, 2.75) is 32.2 Å². The summed E-state index contributed by atoms with van der Waals surface area (Å²) in [5.74, 6) is 1.11. The molecule has 0 heterocycles. The summed E-state index contributed by atoms with van der Waals surface area (Å²) >= 11 is 1.85. The second-order valence-corrected chi connectivity index (χ2v) is 6.01. The Morgan fingerprint density at radius 2 is 1.94 bits per heavy atom. The first-order valence-corrected chi connectivity index (χ1v) is 6.89. The van der Waals surface area contributed by atoms with Gasteiger partial charge >= 0.3 is 0 Å². The number of nitrogens with one attached hydrogen (secondary N) is 1. The fourth-order valence-corrected chi connectivity index (χ4v) is 2.09. The number of hydrogen-bond acceptors (Lipinski definition) is 3. The highest BCUT2D eigenvalue weighted by Crippen LogP contribution is 2.18. The Kier molecular flexibility index (Phi) is 5.54. The highest BCUT2D eigenvalue weighted by molar-refractivity contribution is 7.99. The number of benzene rings is 1. The molecule has 0 aliphatic carbocycles. The number of nitriles is 1. The maximum Gasteiger partial charge on any atom is 0.0697 e. The molecule has 1 aromatic carbocycles. The summed E-state index contributed by atoms with van der Waals surface area (Å²) in [4.78, 5) is 1.31. The van der Waals surface area contributed by atoms with Gasteiger partial charge in [-0.1, -0.05) is 19.1 Å². The molecule has 0 amide bonds. The largest absolute Gasteiger partial charge is 0.311 e. The lowest BCUT2D eigenvalue weighted by atomic mass is 9.96. The molecule has 1 N–H and O–H groups in total. The minimum Gasteiger partial charge on any atom is -0.311 e. The second kappa shape index (κ2) is 6.68. The van der Waals surface area contributed by atoms with Gasteiger partial charge in [0.05, 0.1) is 11.5 Å². The molecule has 0 spiro atoms.